The van der Waals surface area contributed by atoms with Crippen LogP contribution >= 0.6 is 0 Å². The molecule has 1 atom stereocenters. The first-order valence-corrected chi connectivity index (χ1v) is 9.24. The van der Waals surface area contributed by atoms with Crippen molar-refractivity contribution < 1.29 is 14.4 Å². The molecule has 4 rings (SSSR count). The lowest BCUT2D eigenvalue weighted by Crippen LogP contribution is -2.67. The van der Waals surface area contributed by atoms with Crippen LogP contribution in [0.1, 0.15) is 47.7 Å². The number of benzene rings is 1. The molecular formula is C19H24N4O3. The van der Waals surface area contributed by atoms with Crippen LogP contribution in [0, 0.1) is 0 Å². The maximum Gasteiger partial charge on any atom is 0.255 e. The zero-order valence-electron chi connectivity index (χ0n) is 14.9. The standard InChI is InChI=1S/C19H24N4O3/c1-2-19(10-20-11-19)21-8-12-4-3-5-13-9-23(18(26)16(12)13)14-6-7-15(24)22-17(14)25/h3-5,14,20-21H,2,6-11H2,1H3,(H,22,24,25). The molecule has 26 heavy (non-hydrogen) atoms. The van der Waals surface area contributed by atoms with Crippen LogP contribution in [0.2, 0.25) is 0 Å². The smallest absolute Gasteiger partial charge is 0.255 e. The number of carbonyl (C=O) groups excluding carboxylic acids is 3. The van der Waals surface area contributed by atoms with Gasteiger partial charge in [0.05, 0.1) is 0 Å². The highest BCUT2D eigenvalue weighted by molar-refractivity contribution is 6.05. The van der Waals surface area contributed by atoms with Gasteiger partial charge in [0.2, 0.25) is 11.8 Å². The van der Waals surface area contributed by atoms with Gasteiger partial charge in [0.25, 0.3) is 5.91 Å². The van der Waals surface area contributed by atoms with Crippen LogP contribution in [0.15, 0.2) is 18.2 Å². The van der Waals surface area contributed by atoms with E-state index in [0.717, 1.165) is 30.6 Å². The molecule has 1 aromatic carbocycles. The molecule has 3 amide bonds. The van der Waals surface area contributed by atoms with Crippen LogP contribution in [-0.2, 0) is 22.7 Å². The van der Waals surface area contributed by atoms with E-state index >= 15 is 0 Å². The summed E-state index contributed by atoms with van der Waals surface area (Å²) in [6, 6.07) is 5.33. The van der Waals surface area contributed by atoms with Crippen molar-refractivity contribution in [1.82, 2.24) is 20.9 Å². The molecule has 7 heteroatoms. The fraction of sp³-hybridized carbons (Fsp3) is 0.526. The Hall–Kier alpha value is -2.25. The van der Waals surface area contributed by atoms with Crippen molar-refractivity contribution in [1.29, 1.82) is 0 Å². The topological polar surface area (TPSA) is 90.5 Å². The van der Waals surface area contributed by atoms with Crippen LogP contribution in [0.25, 0.3) is 0 Å². The molecule has 3 aliphatic heterocycles. The minimum Gasteiger partial charge on any atom is -0.322 e. The van der Waals surface area contributed by atoms with Crippen molar-refractivity contribution in [2.45, 2.75) is 50.9 Å². The predicted octanol–water partition coefficient (Wildman–Crippen LogP) is 0.289. The zero-order valence-corrected chi connectivity index (χ0v) is 14.9. The molecule has 0 aromatic heterocycles. The first-order chi connectivity index (χ1) is 12.5. The molecule has 7 nitrogen and oxygen atoms in total. The monoisotopic (exact) mass is 356 g/mol. The van der Waals surface area contributed by atoms with Crippen molar-refractivity contribution >= 4 is 17.7 Å². The molecule has 2 fully saturated rings. The molecular weight excluding hydrogens is 332 g/mol. The van der Waals surface area contributed by atoms with Gasteiger partial charge in [0.15, 0.2) is 0 Å². The number of hydrogen-bond acceptors (Lipinski definition) is 5. The Morgan fingerprint density at radius 3 is 2.73 bits per heavy atom. The summed E-state index contributed by atoms with van der Waals surface area (Å²) in [4.78, 5) is 38.2. The number of fused-ring (bicyclic) bond motifs is 1. The van der Waals surface area contributed by atoms with E-state index in [-0.39, 0.29) is 29.7 Å². The predicted molar refractivity (Wildman–Crippen MR) is 95.2 cm³/mol. The summed E-state index contributed by atoms with van der Waals surface area (Å²) in [5.41, 5.74) is 2.75. The average molecular weight is 356 g/mol. The molecule has 1 aromatic rings. The summed E-state index contributed by atoms with van der Waals surface area (Å²) in [7, 11) is 0. The van der Waals surface area contributed by atoms with Gasteiger partial charge >= 0.3 is 0 Å². The van der Waals surface area contributed by atoms with Crippen molar-refractivity contribution in [2.24, 2.45) is 0 Å². The second-order valence-electron chi connectivity index (χ2n) is 7.44. The third-order valence-corrected chi connectivity index (χ3v) is 5.90. The van der Waals surface area contributed by atoms with Crippen molar-refractivity contribution in [2.75, 3.05) is 13.1 Å². The fourth-order valence-electron chi connectivity index (χ4n) is 4.05. The Balaban J connectivity index is 1.53. The zero-order chi connectivity index (χ0) is 18.3. The Kier molecular flexibility index (Phi) is 4.28. The summed E-state index contributed by atoms with van der Waals surface area (Å²) in [5.74, 6) is -0.740. The van der Waals surface area contributed by atoms with Crippen LogP contribution in [-0.4, -0.2) is 47.3 Å². The first-order valence-electron chi connectivity index (χ1n) is 9.24. The molecule has 1 unspecified atom stereocenters. The highest BCUT2D eigenvalue weighted by Gasteiger charge is 2.40. The Labute approximate surface area is 152 Å². The van der Waals surface area contributed by atoms with E-state index in [2.05, 4.69) is 22.9 Å². The van der Waals surface area contributed by atoms with Crippen LogP contribution in [0.4, 0.5) is 0 Å². The van der Waals surface area contributed by atoms with E-state index in [1.54, 1.807) is 4.90 Å². The van der Waals surface area contributed by atoms with Crippen molar-refractivity contribution in [3.8, 4) is 0 Å². The van der Waals surface area contributed by atoms with Gasteiger partial charge in [-0.25, -0.2) is 0 Å². The Morgan fingerprint density at radius 1 is 1.27 bits per heavy atom. The third-order valence-electron chi connectivity index (χ3n) is 5.90. The molecule has 3 aliphatic rings. The van der Waals surface area contributed by atoms with Gasteiger partial charge in [-0.1, -0.05) is 25.1 Å². The van der Waals surface area contributed by atoms with E-state index < -0.39 is 6.04 Å². The number of piperidine rings is 1. The lowest BCUT2D eigenvalue weighted by Gasteiger charge is -2.43. The van der Waals surface area contributed by atoms with E-state index in [4.69, 9.17) is 0 Å². The molecule has 0 saturated carbocycles. The molecule has 0 aliphatic carbocycles. The van der Waals surface area contributed by atoms with E-state index in [1.807, 2.05) is 18.2 Å². The number of nitrogens with zero attached hydrogens (tertiary/aromatic N) is 1. The highest BCUT2D eigenvalue weighted by atomic mass is 16.2. The third kappa shape index (κ3) is 2.81. The molecule has 0 bridgehead atoms. The van der Waals surface area contributed by atoms with E-state index in [0.29, 0.717) is 25.1 Å². The van der Waals surface area contributed by atoms with Gasteiger partial charge in [0.1, 0.15) is 6.04 Å². The van der Waals surface area contributed by atoms with E-state index in [9.17, 15) is 14.4 Å². The fourth-order valence-corrected chi connectivity index (χ4v) is 4.05. The number of amides is 3. The van der Waals surface area contributed by atoms with Gasteiger partial charge in [0, 0.05) is 43.7 Å². The quantitative estimate of drug-likeness (QED) is 0.660. The first kappa shape index (κ1) is 17.2. The highest BCUT2D eigenvalue weighted by Crippen LogP contribution is 2.30. The molecule has 3 heterocycles. The second-order valence-corrected chi connectivity index (χ2v) is 7.44. The van der Waals surface area contributed by atoms with Crippen LogP contribution in [0.3, 0.4) is 0 Å². The summed E-state index contributed by atoms with van der Waals surface area (Å²) in [5, 5.41) is 9.24. The molecule has 0 radical (unpaired) electrons. The lowest BCUT2D eigenvalue weighted by atomic mass is 9.89. The normalized spacial score (nSPS) is 24.3. The maximum absolute atomic E-state index is 13.0. The van der Waals surface area contributed by atoms with Gasteiger partial charge < -0.3 is 15.5 Å². The van der Waals surface area contributed by atoms with Crippen LogP contribution < -0.4 is 16.0 Å². The molecule has 0 spiro atoms. The Bertz CT molecular complexity index is 767. The SMILES string of the molecule is CCC1(NCc2cccc3c2C(=O)N(C2CCC(=O)NC2=O)C3)CNC1. The number of nitrogens with one attached hydrogen (secondary N) is 3. The van der Waals surface area contributed by atoms with Gasteiger partial charge in [-0.15, -0.1) is 0 Å². The molecule has 2 saturated heterocycles. The molecule has 3 N–H and O–H groups in total. The molecule has 138 valence electrons. The van der Waals surface area contributed by atoms with Crippen molar-refractivity contribution in [3.05, 3.63) is 34.9 Å². The number of rotatable bonds is 5. The summed E-state index contributed by atoms with van der Waals surface area (Å²) in [6.07, 6.45) is 1.70. The minimum atomic E-state index is -0.564. The Morgan fingerprint density at radius 2 is 2.08 bits per heavy atom. The number of carbonyl (C=O) groups is 3. The minimum absolute atomic E-state index is 0.105. The average Bonchev–Trinajstić information content (AvgIpc) is 2.92. The van der Waals surface area contributed by atoms with Gasteiger partial charge in [-0.2, -0.15) is 0 Å². The van der Waals surface area contributed by atoms with Gasteiger partial charge in [-0.05, 0) is 24.0 Å². The second kappa shape index (κ2) is 6.48. The maximum atomic E-state index is 13.0. The lowest BCUT2D eigenvalue weighted by molar-refractivity contribution is -0.136. The summed E-state index contributed by atoms with van der Waals surface area (Å²) >= 11 is 0. The van der Waals surface area contributed by atoms with Gasteiger partial charge in [-0.3, -0.25) is 19.7 Å². The largest absolute Gasteiger partial charge is 0.322 e. The summed E-state index contributed by atoms with van der Waals surface area (Å²) in [6.45, 7) is 5.10. The van der Waals surface area contributed by atoms with Crippen molar-refractivity contribution in [3.63, 3.8) is 0 Å². The number of hydrogen-bond donors (Lipinski definition) is 3. The van der Waals surface area contributed by atoms with Crippen LogP contribution in [0.5, 0.6) is 0 Å². The number of imide groups is 1. The summed E-state index contributed by atoms with van der Waals surface area (Å²) < 4.78 is 0. The van der Waals surface area contributed by atoms with E-state index in [1.165, 1.54) is 0 Å².